The number of likely N-dealkylation sites (tertiary alicyclic amines) is 1. The smallest absolute Gasteiger partial charge is 0.191 e. The third kappa shape index (κ3) is 5.71. The highest BCUT2D eigenvalue weighted by Gasteiger charge is 2.09. The highest BCUT2D eigenvalue weighted by molar-refractivity contribution is 5.79. The molecular formula is C16H25FN4. The van der Waals surface area contributed by atoms with Gasteiger partial charge < -0.3 is 15.5 Å². The van der Waals surface area contributed by atoms with Gasteiger partial charge in [0.05, 0.1) is 0 Å². The molecule has 2 N–H and O–H groups in total. The first kappa shape index (κ1) is 15.8. The maximum Gasteiger partial charge on any atom is 0.191 e. The minimum atomic E-state index is -0.206. The summed E-state index contributed by atoms with van der Waals surface area (Å²) in [6.07, 6.45) is 4.00. The molecule has 1 heterocycles. The van der Waals surface area contributed by atoms with Crippen LogP contribution in [0.25, 0.3) is 0 Å². The quantitative estimate of drug-likeness (QED) is 0.644. The normalized spacial score (nSPS) is 16.8. The van der Waals surface area contributed by atoms with Gasteiger partial charge in [0.15, 0.2) is 5.96 Å². The molecule has 116 valence electrons. The van der Waals surface area contributed by atoms with E-state index in [1.165, 1.54) is 44.5 Å². The van der Waals surface area contributed by atoms with Crippen molar-refractivity contribution in [2.45, 2.75) is 25.8 Å². The van der Waals surface area contributed by atoms with Crippen molar-refractivity contribution in [3.05, 3.63) is 35.6 Å². The molecule has 0 amide bonds. The van der Waals surface area contributed by atoms with Crippen molar-refractivity contribution in [2.24, 2.45) is 4.99 Å². The molecule has 1 aromatic rings. The van der Waals surface area contributed by atoms with Crippen LogP contribution in [-0.2, 0) is 6.54 Å². The second-order valence-corrected chi connectivity index (χ2v) is 5.38. The van der Waals surface area contributed by atoms with Gasteiger partial charge in [0, 0.05) is 26.7 Å². The fraction of sp³-hybridized carbons (Fsp3) is 0.562. The molecule has 1 aliphatic rings. The van der Waals surface area contributed by atoms with Crippen molar-refractivity contribution in [3.63, 3.8) is 0 Å². The zero-order valence-corrected chi connectivity index (χ0v) is 12.7. The van der Waals surface area contributed by atoms with Crippen molar-refractivity contribution >= 4 is 5.96 Å². The van der Waals surface area contributed by atoms with Crippen LogP contribution in [0.15, 0.2) is 29.3 Å². The van der Waals surface area contributed by atoms with E-state index in [-0.39, 0.29) is 5.82 Å². The van der Waals surface area contributed by atoms with Crippen molar-refractivity contribution in [3.8, 4) is 0 Å². The Morgan fingerprint density at radius 3 is 2.52 bits per heavy atom. The first-order chi connectivity index (χ1) is 10.3. The molecule has 4 nitrogen and oxygen atoms in total. The Morgan fingerprint density at radius 1 is 1.14 bits per heavy atom. The van der Waals surface area contributed by atoms with E-state index in [4.69, 9.17) is 0 Å². The van der Waals surface area contributed by atoms with E-state index in [1.807, 2.05) is 0 Å². The van der Waals surface area contributed by atoms with Crippen LogP contribution < -0.4 is 10.6 Å². The van der Waals surface area contributed by atoms with Crippen LogP contribution in [0.4, 0.5) is 4.39 Å². The fourth-order valence-electron chi connectivity index (χ4n) is 2.52. The number of nitrogens with zero attached hydrogens (tertiary/aromatic N) is 2. The van der Waals surface area contributed by atoms with E-state index in [1.54, 1.807) is 19.2 Å². The van der Waals surface area contributed by atoms with Crippen LogP contribution in [0.3, 0.4) is 0 Å². The summed E-state index contributed by atoms with van der Waals surface area (Å²) < 4.78 is 12.8. The molecule has 0 atom stereocenters. The summed E-state index contributed by atoms with van der Waals surface area (Å²) in [6.45, 7) is 5.01. The largest absolute Gasteiger partial charge is 0.355 e. The zero-order chi connectivity index (χ0) is 14.9. The molecule has 5 heteroatoms. The van der Waals surface area contributed by atoms with Crippen molar-refractivity contribution in [1.82, 2.24) is 15.5 Å². The van der Waals surface area contributed by atoms with E-state index in [0.29, 0.717) is 6.54 Å². The number of hydrogen-bond acceptors (Lipinski definition) is 2. The first-order valence-corrected chi connectivity index (χ1v) is 7.69. The number of nitrogens with one attached hydrogen (secondary N) is 2. The van der Waals surface area contributed by atoms with Crippen LogP contribution in [0.2, 0.25) is 0 Å². The third-order valence-corrected chi connectivity index (χ3v) is 3.77. The zero-order valence-electron chi connectivity index (χ0n) is 12.7. The summed E-state index contributed by atoms with van der Waals surface area (Å²) in [7, 11) is 1.76. The Labute approximate surface area is 126 Å². The molecule has 21 heavy (non-hydrogen) atoms. The minimum Gasteiger partial charge on any atom is -0.355 e. The Balaban J connectivity index is 1.67. The SMILES string of the molecule is CN=C(NCCN1CCCCC1)NCc1ccc(F)cc1. The van der Waals surface area contributed by atoms with E-state index >= 15 is 0 Å². The fourth-order valence-corrected chi connectivity index (χ4v) is 2.52. The molecule has 0 saturated carbocycles. The highest BCUT2D eigenvalue weighted by Crippen LogP contribution is 2.07. The molecule has 0 aromatic heterocycles. The third-order valence-electron chi connectivity index (χ3n) is 3.77. The van der Waals surface area contributed by atoms with E-state index in [2.05, 4.69) is 20.5 Å². The minimum absolute atomic E-state index is 0.206. The summed E-state index contributed by atoms with van der Waals surface area (Å²) in [6, 6.07) is 6.51. The number of hydrogen-bond donors (Lipinski definition) is 2. The molecular weight excluding hydrogens is 267 g/mol. The lowest BCUT2D eigenvalue weighted by molar-refractivity contribution is 0.232. The number of benzene rings is 1. The van der Waals surface area contributed by atoms with Crippen molar-refractivity contribution < 1.29 is 4.39 Å². The maximum absolute atomic E-state index is 12.8. The molecule has 0 spiro atoms. The Morgan fingerprint density at radius 2 is 1.86 bits per heavy atom. The van der Waals surface area contributed by atoms with E-state index < -0.39 is 0 Å². The lowest BCUT2D eigenvalue weighted by Gasteiger charge is -2.26. The molecule has 0 unspecified atom stereocenters. The van der Waals surface area contributed by atoms with Crippen molar-refractivity contribution in [2.75, 3.05) is 33.2 Å². The van der Waals surface area contributed by atoms with Crippen molar-refractivity contribution in [1.29, 1.82) is 0 Å². The van der Waals surface area contributed by atoms with Gasteiger partial charge in [0.1, 0.15) is 5.82 Å². The monoisotopic (exact) mass is 292 g/mol. The van der Waals surface area contributed by atoms with Gasteiger partial charge >= 0.3 is 0 Å². The van der Waals surface area contributed by atoms with Crippen LogP contribution >= 0.6 is 0 Å². The molecule has 1 saturated heterocycles. The van der Waals surface area contributed by atoms with Crippen LogP contribution in [-0.4, -0.2) is 44.1 Å². The number of aliphatic imine (C=N–C) groups is 1. The highest BCUT2D eigenvalue weighted by atomic mass is 19.1. The lowest BCUT2D eigenvalue weighted by Crippen LogP contribution is -2.42. The summed E-state index contributed by atoms with van der Waals surface area (Å²) in [5, 5.41) is 6.56. The van der Waals surface area contributed by atoms with Gasteiger partial charge in [0.25, 0.3) is 0 Å². The molecule has 0 aliphatic carbocycles. The molecule has 2 rings (SSSR count). The average Bonchev–Trinajstić information content (AvgIpc) is 2.53. The number of halogens is 1. The molecule has 1 aromatic carbocycles. The molecule has 0 radical (unpaired) electrons. The molecule has 1 fully saturated rings. The number of guanidine groups is 1. The van der Waals surface area contributed by atoms with Crippen LogP contribution in [0.1, 0.15) is 24.8 Å². The van der Waals surface area contributed by atoms with Crippen LogP contribution in [0.5, 0.6) is 0 Å². The van der Waals surface area contributed by atoms with Gasteiger partial charge in [-0.1, -0.05) is 18.6 Å². The van der Waals surface area contributed by atoms with Gasteiger partial charge in [-0.05, 0) is 43.6 Å². The molecule has 1 aliphatic heterocycles. The Bertz CT molecular complexity index is 438. The lowest BCUT2D eigenvalue weighted by atomic mass is 10.1. The van der Waals surface area contributed by atoms with Gasteiger partial charge in [0.2, 0.25) is 0 Å². The molecule has 0 bridgehead atoms. The van der Waals surface area contributed by atoms with Crippen LogP contribution in [0, 0.1) is 5.82 Å². The average molecular weight is 292 g/mol. The summed E-state index contributed by atoms with van der Waals surface area (Å²) in [5.41, 5.74) is 1.04. The standard InChI is InChI=1S/C16H25FN4/c1-18-16(19-9-12-21-10-3-2-4-11-21)20-13-14-5-7-15(17)8-6-14/h5-8H,2-4,9-13H2,1H3,(H2,18,19,20). The second kappa shape index (κ2) is 8.62. The van der Waals surface area contributed by atoms with Gasteiger partial charge in [-0.15, -0.1) is 0 Å². The topological polar surface area (TPSA) is 39.7 Å². The predicted molar refractivity (Wildman–Crippen MR) is 84.9 cm³/mol. The van der Waals surface area contributed by atoms with E-state index in [0.717, 1.165) is 24.6 Å². The predicted octanol–water partition coefficient (Wildman–Crippen LogP) is 1.98. The number of piperidine rings is 1. The van der Waals surface area contributed by atoms with Gasteiger partial charge in [-0.2, -0.15) is 0 Å². The first-order valence-electron chi connectivity index (χ1n) is 7.69. The number of rotatable bonds is 5. The Kier molecular flexibility index (Phi) is 6.47. The summed E-state index contributed by atoms with van der Waals surface area (Å²) in [5.74, 6) is 0.583. The van der Waals surface area contributed by atoms with Gasteiger partial charge in [-0.25, -0.2) is 4.39 Å². The summed E-state index contributed by atoms with van der Waals surface area (Å²) in [4.78, 5) is 6.69. The summed E-state index contributed by atoms with van der Waals surface area (Å²) >= 11 is 0. The Hall–Kier alpha value is -1.62. The second-order valence-electron chi connectivity index (χ2n) is 5.38. The van der Waals surface area contributed by atoms with E-state index in [9.17, 15) is 4.39 Å². The maximum atomic E-state index is 12.8. The van der Waals surface area contributed by atoms with Gasteiger partial charge in [-0.3, -0.25) is 4.99 Å².